The lowest BCUT2D eigenvalue weighted by Crippen LogP contribution is -2.45. The molecule has 0 radical (unpaired) electrons. The molecule has 1 saturated carbocycles. The van der Waals surface area contributed by atoms with E-state index in [0.29, 0.717) is 17.9 Å². The molecule has 0 aromatic rings. The van der Waals surface area contributed by atoms with E-state index in [1.807, 2.05) is 0 Å². The lowest BCUT2D eigenvalue weighted by molar-refractivity contribution is -0.133. The number of carbonyl (C=O) groups excluding carboxylic acids is 1. The summed E-state index contributed by atoms with van der Waals surface area (Å²) in [6, 6.07) is 0.471. The van der Waals surface area contributed by atoms with Crippen LogP contribution < -0.4 is 5.32 Å². The molecule has 1 aliphatic heterocycles. The lowest BCUT2D eigenvalue weighted by atomic mass is 9.84. The van der Waals surface area contributed by atoms with Crippen LogP contribution in [0, 0.1) is 5.92 Å². The Labute approximate surface area is 111 Å². The zero-order valence-corrected chi connectivity index (χ0v) is 12.1. The maximum Gasteiger partial charge on any atom is 0.241 e. The smallest absolute Gasteiger partial charge is 0.241 e. The molecule has 3 unspecified atom stereocenters. The zero-order valence-electron chi connectivity index (χ0n) is 12.1. The summed E-state index contributed by atoms with van der Waals surface area (Å²) in [6.07, 6.45) is 8.93. The van der Waals surface area contributed by atoms with Crippen molar-refractivity contribution in [2.45, 2.75) is 84.0 Å². The highest BCUT2D eigenvalue weighted by molar-refractivity contribution is 5.84. The molecule has 0 bridgehead atoms. The molecular formula is C15H28N2O. The Morgan fingerprint density at radius 1 is 1.33 bits per heavy atom. The fourth-order valence-corrected chi connectivity index (χ4v) is 3.71. The van der Waals surface area contributed by atoms with Gasteiger partial charge in [-0.1, -0.05) is 32.6 Å². The summed E-state index contributed by atoms with van der Waals surface area (Å²) in [7, 11) is 0. The highest BCUT2D eigenvalue weighted by Gasteiger charge is 2.40. The summed E-state index contributed by atoms with van der Waals surface area (Å²) in [6.45, 7) is 6.53. The molecule has 104 valence electrons. The Bertz CT molecular complexity index is 286. The van der Waals surface area contributed by atoms with E-state index in [0.717, 1.165) is 12.8 Å². The van der Waals surface area contributed by atoms with Gasteiger partial charge in [0.25, 0.3) is 0 Å². The number of amides is 1. The molecule has 1 saturated heterocycles. The summed E-state index contributed by atoms with van der Waals surface area (Å²) in [5.74, 6) is 1.05. The van der Waals surface area contributed by atoms with E-state index in [-0.39, 0.29) is 12.2 Å². The van der Waals surface area contributed by atoms with Gasteiger partial charge in [0.1, 0.15) is 0 Å². The average Bonchev–Trinajstić information content (AvgIpc) is 2.65. The van der Waals surface area contributed by atoms with Crippen LogP contribution in [-0.4, -0.2) is 29.1 Å². The van der Waals surface area contributed by atoms with Gasteiger partial charge in [-0.15, -0.1) is 0 Å². The third kappa shape index (κ3) is 2.71. The minimum atomic E-state index is 0.0658. The molecule has 2 rings (SSSR count). The molecule has 3 heteroatoms. The van der Waals surface area contributed by atoms with Crippen molar-refractivity contribution in [1.29, 1.82) is 0 Å². The summed E-state index contributed by atoms with van der Waals surface area (Å²) in [5, 5.41) is 3.45. The van der Waals surface area contributed by atoms with Gasteiger partial charge in [0, 0.05) is 6.04 Å². The molecular weight excluding hydrogens is 224 g/mol. The Kier molecular flexibility index (Phi) is 4.66. The molecule has 1 heterocycles. The molecule has 2 aliphatic rings. The van der Waals surface area contributed by atoms with Crippen molar-refractivity contribution in [2.75, 3.05) is 0 Å². The molecule has 3 nitrogen and oxygen atoms in total. The summed E-state index contributed by atoms with van der Waals surface area (Å²) < 4.78 is 0. The number of carbonyl (C=O) groups is 1. The standard InChI is InChI=1S/C15H28N2O/c1-4-8-14-15(18)17(12(3)16-14)11(2)13-9-6-5-7-10-13/h11-14,16H,4-10H2,1-3H3. The number of nitrogens with zero attached hydrogens (tertiary/aromatic N) is 1. The highest BCUT2D eigenvalue weighted by atomic mass is 16.2. The fraction of sp³-hybridized carbons (Fsp3) is 0.933. The van der Waals surface area contributed by atoms with Gasteiger partial charge in [-0.2, -0.15) is 0 Å². The number of hydrogen-bond donors (Lipinski definition) is 1. The van der Waals surface area contributed by atoms with Crippen molar-refractivity contribution >= 4 is 5.91 Å². The van der Waals surface area contributed by atoms with Crippen LogP contribution in [-0.2, 0) is 4.79 Å². The summed E-state index contributed by atoms with van der Waals surface area (Å²) in [4.78, 5) is 14.6. The first kappa shape index (κ1) is 13.9. The third-order valence-electron chi connectivity index (χ3n) is 4.76. The van der Waals surface area contributed by atoms with Crippen molar-refractivity contribution in [3.63, 3.8) is 0 Å². The largest absolute Gasteiger partial charge is 0.323 e. The van der Waals surface area contributed by atoms with Crippen LogP contribution in [0.2, 0.25) is 0 Å². The minimum absolute atomic E-state index is 0.0658. The molecule has 2 fully saturated rings. The second kappa shape index (κ2) is 6.05. The van der Waals surface area contributed by atoms with Gasteiger partial charge in [-0.3, -0.25) is 10.1 Å². The average molecular weight is 252 g/mol. The van der Waals surface area contributed by atoms with E-state index in [1.165, 1.54) is 32.1 Å². The number of nitrogens with one attached hydrogen (secondary N) is 1. The van der Waals surface area contributed by atoms with Gasteiger partial charge >= 0.3 is 0 Å². The third-order valence-corrected chi connectivity index (χ3v) is 4.76. The van der Waals surface area contributed by atoms with Gasteiger partial charge < -0.3 is 4.90 Å². The monoisotopic (exact) mass is 252 g/mol. The predicted octanol–water partition coefficient (Wildman–Crippen LogP) is 2.90. The highest BCUT2D eigenvalue weighted by Crippen LogP contribution is 2.31. The minimum Gasteiger partial charge on any atom is -0.323 e. The second-order valence-corrected chi connectivity index (χ2v) is 6.07. The summed E-state index contributed by atoms with van der Waals surface area (Å²) >= 11 is 0. The lowest BCUT2D eigenvalue weighted by Gasteiger charge is -2.36. The van der Waals surface area contributed by atoms with Gasteiger partial charge in [0.2, 0.25) is 5.91 Å². The first-order chi connectivity index (χ1) is 8.65. The van der Waals surface area contributed by atoms with Gasteiger partial charge in [0.15, 0.2) is 0 Å². The molecule has 0 aromatic heterocycles. The molecule has 1 aliphatic carbocycles. The van der Waals surface area contributed by atoms with Crippen LogP contribution in [0.4, 0.5) is 0 Å². The van der Waals surface area contributed by atoms with Crippen LogP contribution in [0.25, 0.3) is 0 Å². The number of hydrogen-bond acceptors (Lipinski definition) is 2. The molecule has 1 amide bonds. The first-order valence-corrected chi connectivity index (χ1v) is 7.73. The first-order valence-electron chi connectivity index (χ1n) is 7.73. The summed E-state index contributed by atoms with van der Waals surface area (Å²) in [5.41, 5.74) is 0. The molecule has 0 aromatic carbocycles. The topological polar surface area (TPSA) is 32.3 Å². The maximum atomic E-state index is 12.5. The van der Waals surface area contributed by atoms with Crippen LogP contribution >= 0.6 is 0 Å². The number of rotatable bonds is 4. The Hall–Kier alpha value is -0.570. The molecule has 18 heavy (non-hydrogen) atoms. The zero-order chi connectivity index (χ0) is 13.1. The quantitative estimate of drug-likeness (QED) is 0.834. The van der Waals surface area contributed by atoms with Crippen molar-refractivity contribution in [3.05, 3.63) is 0 Å². The fourth-order valence-electron chi connectivity index (χ4n) is 3.71. The van der Waals surface area contributed by atoms with Gasteiger partial charge in [-0.25, -0.2) is 0 Å². The van der Waals surface area contributed by atoms with Crippen LogP contribution in [0.15, 0.2) is 0 Å². The van der Waals surface area contributed by atoms with Crippen molar-refractivity contribution in [1.82, 2.24) is 10.2 Å². The Balaban J connectivity index is 2.00. The molecule has 0 spiro atoms. The van der Waals surface area contributed by atoms with E-state index in [9.17, 15) is 4.79 Å². The van der Waals surface area contributed by atoms with Crippen LogP contribution in [0.5, 0.6) is 0 Å². The van der Waals surface area contributed by atoms with Gasteiger partial charge in [-0.05, 0) is 39.0 Å². The van der Waals surface area contributed by atoms with E-state index in [4.69, 9.17) is 0 Å². The van der Waals surface area contributed by atoms with Crippen molar-refractivity contribution in [2.24, 2.45) is 5.92 Å². The molecule has 3 atom stereocenters. The van der Waals surface area contributed by atoms with Crippen LogP contribution in [0.3, 0.4) is 0 Å². The Morgan fingerprint density at radius 3 is 2.61 bits per heavy atom. The Morgan fingerprint density at radius 2 is 2.00 bits per heavy atom. The van der Waals surface area contributed by atoms with Crippen LogP contribution in [0.1, 0.15) is 65.7 Å². The predicted molar refractivity (Wildman–Crippen MR) is 74.2 cm³/mol. The SMILES string of the molecule is CCCC1NC(C)N(C(C)C2CCCCC2)C1=O. The van der Waals surface area contributed by atoms with E-state index in [2.05, 4.69) is 31.0 Å². The second-order valence-electron chi connectivity index (χ2n) is 6.07. The van der Waals surface area contributed by atoms with Crippen molar-refractivity contribution in [3.8, 4) is 0 Å². The van der Waals surface area contributed by atoms with E-state index in [1.54, 1.807) is 0 Å². The maximum absolute atomic E-state index is 12.5. The van der Waals surface area contributed by atoms with E-state index >= 15 is 0 Å². The van der Waals surface area contributed by atoms with E-state index < -0.39 is 0 Å². The van der Waals surface area contributed by atoms with Crippen molar-refractivity contribution < 1.29 is 4.79 Å². The molecule has 1 N–H and O–H groups in total. The normalized spacial score (nSPS) is 31.9. The van der Waals surface area contributed by atoms with Gasteiger partial charge in [0.05, 0.1) is 12.2 Å².